The van der Waals surface area contributed by atoms with Gasteiger partial charge in [-0.1, -0.05) is 0 Å². The normalized spacial score (nSPS) is 18.2. The molecule has 1 aliphatic carbocycles. The highest BCUT2D eigenvalue weighted by atomic mass is 32.2. The topological polar surface area (TPSA) is 117 Å². The minimum atomic E-state index is -3.49. The number of anilines is 1. The number of carbonyl (C=O) groups excluding carboxylic acids is 1. The first-order valence-corrected chi connectivity index (χ1v) is 13.1. The molecule has 2 fully saturated rings. The van der Waals surface area contributed by atoms with E-state index in [1.165, 1.54) is 7.11 Å². The number of methoxy groups -OCH3 is 1. The Labute approximate surface area is 198 Å². The predicted molar refractivity (Wildman–Crippen MR) is 126 cm³/mol. The monoisotopic (exact) mass is 487 g/mol. The van der Waals surface area contributed by atoms with E-state index in [0.29, 0.717) is 54.9 Å². The fourth-order valence-electron chi connectivity index (χ4n) is 4.56. The van der Waals surface area contributed by atoms with E-state index in [9.17, 15) is 13.2 Å². The lowest BCUT2D eigenvalue weighted by Crippen LogP contribution is -2.30. The number of nitrogens with one attached hydrogen (secondary N) is 1. The Bertz CT molecular complexity index is 1300. The van der Waals surface area contributed by atoms with Gasteiger partial charge in [-0.2, -0.15) is 10.2 Å². The summed E-state index contributed by atoms with van der Waals surface area (Å²) in [5, 5.41) is 11.8. The van der Waals surface area contributed by atoms with Crippen LogP contribution in [0.5, 0.6) is 5.75 Å². The SMILES string of the molecule is COc1cc(S(=O)(=O)C2CC2)c2cnn(C(CC3CCOCC3)C(=O)Nc3ccn(C)n3)c2c1. The van der Waals surface area contributed by atoms with Crippen molar-refractivity contribution in [3.05, 3.63) is 30.6 Å². The first-order valence-electron chi connectivity index (χ1n) is 11.5. The van der Waals surface area contributed by atoms with E-state index < -0.39 is 15.9 Å². The van der Waals surface area contributed by atoms with Gasteiger partial charge in [0.25, 0.3) is 0 Å². The number of fused-ring (bicyclic) bond motifs is 1. The molecular formula is C23H29N5O5S. The van der Waals surface area contributed by atoms with Gasteiger partial charge >= 0.3 is 0 Å². The number of amides is 1. The van der Waals surface area contributed by atoms with Gasteiger partial charge in [-0.05, 0) is 44.1 Å². The molecule has 0 bridgehead atoms. The van der Waals surface area contributed by atoms with Crippen molar-refractivity contribution < 1.29 is 22.7 Å². The molecule has 11 heteroatoms. The number of ether oxygens (including phenoxy) is 2. The lowest BCUT2D eigenvalue weighted by Gasteiger charge is -2.26. The summed E-state index contributed by atoms with van der Waals surface area (Å²) < 4.78 is 40.5. The van der Waals surface area contributed by atoms with Gasteiger partial charge in [-0.3, -0.25) is 14.2 Å². The van der Waals surface area contributed by atoms with Crippen LogP contribution in [0.25, 0.3) is 10.9 Å². The quantitative estimate of drug-likeness (QED) is 0.519. The molecule has 3 heterocycles. The Morgan fingerprint density at radius 1 is 1.26 bits per heavy atom. The third-order valence-electron chi connectivity index (χ3n) is 6.62. The van der Waals surface area contributed by atoms with Crippen molar-refractivity contribution in [1.82, 2.24) is 19.6 Å². The Morgan fingerprint density at radius 2 is 2.03 bits per heavy atom. The van der Waals surface area contributed by atoms with Gasteiger partial charge in [0.1, 0.15) is 11.8 Å². The minimum Gasteiger partial charge on any atom is -0.497 e. The van der Waals surface area contributed by atoms with E-state index >= 15 is 0 Å². The smallest absolute Gasteiger partial charge is 0.250 e. The van der Waals surface area contributed by atoms with Crippen LogP contribution < -0.4 is 10.1 Å². The second kappa shape index (κ2) is 9.03. The highest BCUT2D eigenvalue weighted by molar-refractivity contribution is 7.92. The number of benzene rings is 1. The molecule has 0 spiro atoms. The molecule has 3 aromatic rings. The number of sulfone groups is 1. The molecule has 1 unspecified atom stereocenters. The average molecular weight is 488 g/mol. The zero-order valence-electron chi connectivity index (χ0n) is 19.3. The van der Waals surface area contributed by atoms with Crippen molar-refractivity contribution >= 4 is 32.5 Å². The summed E-state index contributed by atoms with van der Waals surface area (Å²) >= 11 is 0. The molecule has 1 aliphatic heterocycles. The maximum Gasteiger partial charge on any atom is 0.250 e. The van der Waals surface area contributed by atoms with Crippen molar-refractivity contribution in [1.29, 1.82) is 0 Å². The second-order valence-electron chi connectivity index (χ2n) is 9.06. The predicted octanol–water partition coefficient (Wildman–Crippen LogP) is 2.71. The van der Waals surface area contributed by atoms with Crippen LogP contribution in [0.4, 0.5) is 5.82 Å². The maximum absolute atomic E-state index is 13.5. The Hall–Kier alpha value is -2.92. The van der Waals surface area contributed by atoms with E-state index in [1.807, 2.05) is 0 Å². The summed E-state index contributed by atoms with van der Waals surface area (Å²) in [7, 11) is -0.209. The molecule has 10 nitrogen and oxygen atoms in total. The zero-order chi connectivity index (χ0) is 23.9. The van der Waals surface area contributed by atoms with Crippen LogP contribution in [-0.2, 0) is 26.4 Å². The fourth-order valence-corrected chi connectivity index (χ4v) is 6.42. The highest BCUT2D eigenvalue weighted by Crippen LogP contribution is 2.39. The van der Waals surface area contributed by atoms with Gasteiger partial charge in [-0.15, -0.1) is 0 Å². The van der Waals surface area contributed by atoms with E-state index in [-0.39, 0.29) is 22.0 Å². The van der Waals surface area contributed by atoms with Gasteiger partial charge in [0, 0.05) is 44.0 Å². The molecule has 1 amide bonds. The lowest BCUT2D eigenvalue weighted by molar-refractivity contribution is -0.120. The Morgan fingerprint density at radius 3 is 2.68 bits per heavy atom. The summed E-state index contributed by atoms with van der Waals surface area (Å²) in [4.78, 5) is 13.7. The first-order chi connectivity index (χ1) is 16.4. The molecule has 5 rings (SSSR count). The van der Waals surface area contributed by atoms with Gasteiger partial charge in [-0.25, -0.2) is 8.42 Å². The molecule has 2 aromatic heterocycles. The largest absolute Gasteiger partial charge is 0.497 e. The summed E-state index contributed by atoms with van der Waals surface area (Å²) in [5.74, 6) is 0.913. The third kappa shape index (κ3) is 4.41. The van der Waals surface area contributed by atoms with Crippen LogP contribution >= 0.6 is 0 Å². The Kier molecular flexibility index (Phi) is 6.07. The molecule has 0 radical (unpaired) electrons. The molecule has 2 aliphatic rings. The zero-order valence-corrected chi connectivity index (χ0v) is 20.1. The number of carbonyl (C=O) groups is 1. The molecule has 1 aromatic carbocycles. The number of nitrogens with zero attached hydrogens (tertiary/aromatic N) is 4. The summed E-state index contributed by atoms with van der Waals surface area (Å²) in [5.41, 5.74) is 0.562. The summed E-state index contributed by atoms with van der Waals surface area (Å²) in [6.45, 7) is 1.33. The van der Waals surface area contributed by atoms with E-state index in [1.54, 1.807) is 47.0 Å². The molecule has 34 heavy (non-hydrogen) atoms. The number of hydrogen-bond donors (Lipinski definition) is 1. The number of hydrogen-bond acceptors (Lipinski definition) is 7. The van der Waals surface area contributed by atoms with Gasteiger partial charge in [0.2, 0.25) is 5.91 Å². The molecule has 1 saturated heterocycles. The summed E-state index contributed by atoms with van der Waals surface area (Å²) in [6, 6.07) is 4.39. The molecular weight excluding hydrogens is 458 g/mol. The van der Waals surface area contributed by atoms with Crippen LogP contribution in [-0.4, -0.2) is 59.5 Å². The van der Waals surface area contributed by atoms with E-state index in [4.69, 9.17) is 9.47 Å². The molecule has 182 valence electrons. The summed E-state index contributed by atoms with van der Waals surface area (Å²) in [6.07, 6.45) is 6.90. The Balaban J connectivity index is 1.57. The van der Waals surface area contributed by atoms with Crippen molar-refractivity contribution in [3.63, 3.8) is 0 Å². The molecule has 1 N–H and O–H groups in total. The van der Waals surface area contributed by atoms with Crippen LogP contribution in [0.15, 0.2) is 35.5 Å². The van der Waals surface area contributed by atoms with Crippen LogP contribution in [0.3, 0.4) is 0 Å². The van der Waals surface area contributed by atoms with Crippen LogP contribution in [0.1, 0.15) is 38.1 Å². The minimum absolute atomic E-state index is 0.213. The van der Waals surface area contributed by atoms with Crippen LogP contribution in [0.2, 0.25) is 0 Å². The highest BCUT2D eigenvalue weighted by Gasteiger charge is 2.39. The van der Waals surface area contributed by atoms with Crippen molar-refractivity contribution in [3.8, 4) is 5.75 Å². The number of aryl methyl sites for hydroxylation is 1. The standard InChI is InChI=1S/C23H29N5O5S/c1-27-8-5-22(26-27)25-23(29)20(11-15-6-9-33-10-7-15)28-19-12-16(32-2)13-21(18(19)14-24-28)34(30,31)17-3-4-17/h5,8,12-15,17,20H,3-4,6-7,9-11H2,1-2H3,(H,25,26,29). The van der Waals surface area contributed by atoms with Gasteiger partial charge in [0.05, 0.1) is 29.0 Å². The van der Waals surface area contributed by atoms with Crippen molar-refractivity contribution in [2.45, 2.75) is 48.3 Å². The van der Waals surface area contributed by atoms with Gasteiger partial charge < -0.3 is 14.8 Å². The maximum atomic E-state index is 13.5. The van der Waals surface area contributed by atoms with Gasteiger partial charge in [0.15, 0.2) is 15.7 Å². The first kappa shape index (κ1) is 22.9. The number of rotatable bonds is 8. The van der Waals surface area contributed by atoms with Crippen LogP contribution in [0, 0.1) is 5.92 Å². The number of aromatic nitrogens is 4. The van der Waals surface area contributed by atoms with E-state index in [0.717, 1.165) is 12.8 Å². The fraction of sp³-hybridized carbons (Fsp3) is 0.522. The average Bonchev–Trinajstić information content (AvgIpc) is 3.51. The third-order valence-corrected chi connectivity index (χ3v) is 8.92. The van der Waals surface area contributed by atoms with Crippen molar-refractivity contribution in [2.24, 2.45) is 13.0 Å². The van der Waals surface area contributed by atoms with Crippen molar-refractivity contribution in [2.75, 3.05) is 25.6 Å². The molecule has 1 saturated carbocycles. The second-order valence-corrected chi connectivity index (χ2v) is 11.3. The lowest BCUT2D eigenvalue weighted by atomic mass is 9.92. The molecule has 1 atom stereocenters. The van der Waals surface area contributed by atoms with E-state index in [2.05, 4.69) is 15.5 Å².